The zero-order valence-corrected chi connectivity index (χ0v) is 15.1. The van der Waals surface area contributed by atoms with Gasteiger partial charge in [0.25, 0.3) is 5.89 Å². The number of esters is 1. The van der Waals surface area contributed by atoms with Crippen molar-refractivity contribution in [2.24, 2.45) is 0 Å². The highest BCUT2D eigenvalue weighted by atomic mass is 16.7. The molecule has 0 bridgehead atoms. The van der Waals surface area contributed by atoms with E-state index in [1.54, 1.807) is 50.6 Å². The van der Waals surface area contributed by atoms with Crippen molar-refractivity contribution in [3.8, 4) is 34.4 Å². The third kappa shape index (κ3) is 3.41. The van der Waals surface area contributed by atoms with Gasteiger partial charge in [0.1, 0.15) is 0 Å². The lowest BCUT2D eigenvalue weighted by molar-refractivity contribution is 0.0429. The van der Waals surface area contributed by atoms with Crippen LogP contribution in [-0.2, 0) is 11.3 Å². The van der Waals surface area contributed by atoms with Crippen LogP contribution >= 0.6 is 0 Å². The predicted molar refractivity (Wildman–Crippen MR) is 94.5 cm³/mol. The molecule has 1 aromatic heterocycles. The monoisotopic (exact) mass is 384 g/mol. The topological polar surface area (TPSA) is 102 Å². The Morgan fingerprint density at radius 2 is 1.86 bits per heavy atom. The molecule has 0 N–H and O–H groups in total. The number of fused-ring (bicyclic) bond motifs is 1. The fourth-order valence-electron chi connectivity index (χ4n) is 2.64. The highest BCUT2D eigenvalue weighted by Gasteiger charge is 2.18. The maximum absolute atomic E-state index is 12.2. The van der Waals surface area contributed by atoms with E-state index in [4.69, 9.17) is 28.2 Å². The Morgan fingerprint density at radius 3 is 2.68 bits per heavy atom. The number of hydrogen-bond donors (Lipinski definition) is 0. The third-order valence-electron chi connectivity index (χ3n) is 4.04. The van der Waals surface area contributed by atoms with Crippen LogP contribution in [0.5, 0.6) is 23.0 Å². The van der Waals surface area contributed by atoms with Crippen LogP contribution in [-0.4, -0.2) is 37.1 Å². The quantitative estimate of drug-likeness (QED) is 0.594. The van der Waals surface area contributed by atoms with Crippen molar-refractivity contribution in [3.63, 3.8) is 0 Å². The first-order valence-corrected chi connectivity index (χ1v) is 8.29. The Kier molecular flexibility index (Phi) is 4.71. The molecule has 0 aliphatic carbocycles. The number of ether oxygens (including phenoxy) is 5. The van der Waals surface area contributed by atoms with E-state index in [0.717, 1.165) is 0 Å². The molecule has 0 saturated carbocycles. The van der Waals surface area contributed by atoms with E-state index in [-0.39, 0.29) is 19.3 Å². The summed E-state index contributed by atoms with van der Waals surface area (Å²) < 4.78 is 31.3. The number of hydrogen-bond acceptors (Lipinski definition) is 9. The average Bonchev–Trinajstić information content (AvgIpc) is 3.40. The Hall–Kier alpha value is -3.75. The molecular formula is C19H16N2O7. The van der Waals surface area contributed by atoms with Gasteiger partial charge in [0.15, 0.2) is 29.6 Å². The lowest BCUT2D eigenvalue weighted by atomic mass is 10.2. The van der Waals surface area contributed by atoms with E-state index >= 15 is 0 Å². The molecule has 28 heavy (non-hydrogen) atoms. The maximum Gasteiger partial charge on any atom is 0.338 e. The van der Waals surface area contributed by atoms with E-state index in [2.05, 4.69) is 10.1 Å². The van der Waals surface area contributed by atoms with Crippen molar-refractivity contribution in [1.29, 1.82) is 0 Å². The number of benzene rings is 2. The number of aromatic nitrogens is 2. The molecule has 0 spiro atoms. The number of carbonyl (C=O) groups is 1. The SMILES string of the molecule is COc1ccc(-c2noc(COC(=O)c3ccc4c(c3)OCO4)n2)cc1OC. The summed E-state index contributed by atoms with van der Waals surface area (Å²) in [6.07, 6.45) is 0. The molecule has 2 heterocycles. The van der Waals surface area contributed by atoms with E-state index in [1.807, 2.05) is 0 Å². The largest absolute Gasteiger partial charge is 0.493 e. The molecule has 0 atom stereocenters. The van der Waals surface area contributed by atoms with Gasteiger partial charge >= 0.3 is 5.97 Å². The van der Waals surface area contributed by atoms with Gasteiger partial charge in [-0.1, -0.05) is 5.16 Å². The zero-order valence-electron chi connectivity index (χ0n) is 15.1. The number of carbonyl (C=O) groups excluding carboxylic acids is 1. The second-order valence-electron chi connectivity index (χ2n) is 5.73. The summed E-state index contributed by atoms with van der Waals surface area (Å²) in [5, 5.41) is 3.90. The standard InChI is InChI=1S/C19H16N2O7/c1-23-13-5-3-11(7-15(13)24-2)18-20-17(28-21-18)9-25-19(22)12-4-6-14-16(8-12)27-10-26-14/h3-8H,9-10H2,1-2H3. The summed E-state index contributed by atoms with van der Waals surface area (Å²) in [6.45, 7) is -0.0255. The van der Waals surface area contributed by atoms with Crippen molar-refractivity contribution in [3.05, 3.63) is 47.9 Å². The minimum atomic E-state index is -0.538. The second-order valence-corrected chi connectivity index (χ2v) is 5.73. The molecule has 0 fully saturated rings. The lowest BCUT2D eigenvalue weighted by Gasteiger charge is -2.07. The molecule has 0 amide bonds. The van der Waals surface area contributed by atoms with Gasteiger partial charge < -0.3 is 28.2 Å². The first kappa shape index (κ1) is 17.7. The van der Waals surface area contributed by atoms with Crippen LogP contribution in [0.4, 0.5) is 0 Å². The normalized spacial score (nSPS) is 11.9. The fraction of sp³-hybridized carbons (Fsp3) is 0.211. The smallest absolute Gasteiger partial charge is 0.338 e. The molecular weight excluding hydrogens is 368 g/mol. The molecule has 0 saturated heterocycles. The van der Waals surface area contributed by atoms with E-state index < -0.39 is 5.97 Å². The van der Waals surface area contributed by atoms with Crippen LogP contribution in [0.3, 0.4) is 0 Å². The van der Waals surface area contributed by atoms with E-state index in [0.29, 0.717) is 39.9 Å². The van der Waals surface area contributed by atoms with Crippen molar-refractivity contribution in [2.45, 2.75) is 6.61 Å². The zero-order chi connectivity index (χ0) is 19.5. The lowest BCUT2D eigenvalue weighted by Crippen LogP contribution is -2.05. The summed E-state index contributed by atoms with van der Waals surface area (Å²) in [7, 11) is 3.09. The molecule has 144 valence electrons. The summed E-state index contributed by atoms with van der Waals surface area (Å²) >= 11 is 0. The fourth-order valence-corrected chi connectivity index (χ4v) is 2.64. The summed E-state index contributed by atoms with van der Waals surface area (Å²) in [6, 6.07) is 10.1. The Balaban J connectivity index is 1.43. The average molecular weight is 384 g/mol. The molecule has 9 nitrogen and oxygen atoms in total. The van der Waals surface area contributed by atoms with E-state index in [9.17, 15) is 4.79 Å². The molecule has 4 rings (SSSR count). The third-order valence-corrected chi connectivity index (χ3v) is 4.04. The Morgan fingerprint density at radius 1 is 1.04 bits per heavy atom. The number of rotatable bonds is 6. The minimum Gasteiger partial charge on any atom is -0.493 e. The van der Waals surface area contributed by atoms with Gasteiger partial charge in [0.2, 0.25) is 12.6 Å². The Bertz CT molecular complexity index is 1020. The van der Waals surface area contributed by atoms with Crippen LogP contribution in [0.25, 0.3) is 11.4 Å². The molecule has 2 aromatic carbocycles. The van der Waals surface area contributed by atoms with Gasteiger partial charge in [0.05, 0.1) is 19.8 Å². The first-order chi connectivity index (χ1) is 13.7. The predicted octanol–water partition coefficient (Wildman–Crippen LogP) is 2.84. The number of methoxy groups -OCH3 is 2. The van der Waals surface area contributed by atoms with Gasteiger partial charge in [0, 0.05) is 5.56 Å². The molecule has 3 aromatic rings. The van der Waals surface area contributed by atoms with Gasteiger partial charge in [-0.25, -0.2) is 4.79 Å². The van der Waals surface area contributed by atoms with Crippen LogP contribution in [0.15, 0.2) is 40.9 Å². The molecule has 9 heteroatoms. The summed E-state index contributed by atoms with van der Waals surface area (Å²) in [5.74, 6) is 2.20. The number of nitrogens with zero attached hydrogens (tertiary/aromatic N) is 2. The summed E-state index contributed by atoms with van der Waals surface area (Å²) in [5.41, 5.74) is 1.01. The second kappa shape index (κ2) is 7.47. The first-order valence-electron chi connectivity index (χ1n) is 8.29. The highest BCUT2D eigenvalue weighted by molar-refractivity contribution is 5.90. The van der Waals surface area contributed by atoms with Crippen LogP contribution < -0.4 is 18.9 Å². The molecule has 0 radical (unpaired) electrons. The van der Waals surface area contributed by atoms with Gasteiger partial charge in [-0.15, -0.1) is 0 Å². The van der Waals surface area contributed by atoms with Crippen LogP contribution in [0.2, 0.25) is 0 Å². The van der Waals surface area contributed by atoms with Crippen molar-refractivity contribution in [2.75, 3.05) is 21.0 Å². The minimum absolute atomic E-state index is 0.134. The van der Waals surface area contributed by atoms with Crippen LogP contribution in [0, 0.1) is 0 Å². The van der Waals surface area contributed by atoms with Gasteiger partial charge in [-0.05, 0) is 36.4 Å². The van der Waals surface area contributed by atoms with Gasteiger partial charge in [-0.2, -0.15) is 4.98 Å². The van der Waals surface area contributed by atoms with E-state index in [1.165, 1.54) is 0 Å². The molecule has 1 aliphatic heterocycles. The van der Waals surface area contributed by atoms with Gasteiger partial charge in [-0.3, -0.25) is 0 Å². The summed E-state index contributed by atoms with van der Waals surface area (Å²) in [4.78, 5) is 16.4. The Labute approximate surface area is 159 Å². The van der Waals surface area contributed by atoms with Crippen LogP contribution in [0.1, 0.15) is 16.2 Å². The maximum atomic E-state index is 12.2. The highest BCUT2D eigenvalue weighted by Crippen LogP contribution is 2.33. The molecule has 0 unspecified atom stereocenters. The van der Waals surface area contributed by atoms with Crippen molar-refractivity contribution < 1.29 is 33.0 Å². The molecule has 1 aliphatic rings. The van der Waals surface area contributed by atoms with Crippen molar-refractivity contribution in [1.82, 2.24) is 10.1 Å². The van der Waals surface area contributed by atoms with Crippen molar-refractivity contribution >= 4 is 5.97 Å².